The molecule has 4 heteroatoms. The lowest BCUT2D eigenvalue weighted by molar-refractivity contribution is 0.669. The molecule has 12 rings (SSSR count). The van der Waals surface area contributed by atoms with Crippen molar-refractivity contribution in [3.8, 4) is 33.9 Å². The molecule has 4 nitrogen and oxygen atoms in total. The van der Waals surface area contributed by atoms with Crippen LogP contribution in [-0.2, 0) is 0 Å². The fourth-order valence-corrected chi connectivity index (χ4v) is 8.90. The number of rotatable bonds is 4. The highest BCUT2D eigenvalue weighted by Crippen LogP contribution is 2.43. The number of pyridine rings is 1. The van der Waals surface area contributed by atoms with Gasteiger partial charge in [0, 0.05) is 43.6 Å². The van der Waals surface area contributed by atoms with Crippen molar-refractivity contribution in [3.63, 3.8) is 0 Å². The first-order chi connectivity index (χ1) is 27.3. The molecule has 8 aromatic carbocycles. The lowest BCUT2D eigenvalue weighted by Crippen LogP contribution is -1.99. The van der Waals surface area contributed by atoms with Gasteiger partial charge in [-0.1, -0.05) is 127 Å². The maximum absolute atomic E-state index is 6.17. The summed E-state index contributed by atoms with van der Waals surface area (Å²) in [7, 11) is 0. The Morgan fingerprint density at radius 2 is 1.09 bits per heavy atom. The first-order valence-corrected chi connectivity index (χ1v) is 18.7. The highest BCUT2D eigenvalue weighted by atomic mass is 16.3. The molecule has 12 aromatic rings. The highest BCUT2D eigenvalue weighted by Gasteiger charge is 2.22. The van der Waals surface area contributed by atoms with Gasteiger partial charge < -0.3 is 8.98 Å². The van der Waals surface area contributed by atoms with Crippen LogP contribution in [0.5, 0.6) is 0 Å². The Morgan fingerprint density at radius 3 is 2.00 bits per heavy atom. The van der Waals surface area contributed by atoms with Gasteiger partial charge in [0.15, 0.2) is 0 Å². The standard InChI is InChI=1S/C51H31N3O/c1-2-16-36-32(12-1)13-10-20-37(36)43-21-11-25-49(52-43)54-45-23-7-4-19-41(45)50-46(54)28-27-40-38-17-3-6-22-44(38)53(51(40)50)35-15-9-14-33(30-35)34-26-29-48-42(31-34)39-18-5-8-24-47(39)55-48/h1-31H. The largest absolute Gasteiger partial charge is 0.456 e. The molecule has 0 amide bonds. The molecular formula is C51H31N3O. The van der Waals surface area contributed by atoms with E-state index in [-0.39, 0.29) is 0 Å². The van der Waals surface area contributed by atoms with Crippen LogP contribution in [0.1, 0.15) is 0 Å². The van der Waals surface area contributed by atoms with E-state index in [1.807, 2.05) is 12.1 Å². The summed E-state index contributed by atoms with van der Waals surface area (Å²) >= 11 is 0. The molecule has 4 heterocycles. The van der Waals surface area contributed by atoms with Crippen molar-refractivity contribution in [1.29, 1.82) is 0 Å². The molecule has 0 spiro atoms. The molecule has 0 saturated carbocycles. The fraction of sp³-hybridized carbons (Fsp3) is 0. The summed E-state index contributed by atoms with van der Waals surface area (Å²) in [4.78, 5) is 5.37. The summed E-state index contributed by atoms with van der Waals surface area (Å²) in [5.41, 5.74) is 11.9. The van der Waals surface area contributed by atoms with Gasteiger partial charge in [-0.05, 0) is 82.6 Å². The van der Waals surface area contributed by atoms with Crippen LogP contribution < -0.4 is 0 Å². The number of furan rings is 1. The van der Waals surface area contributed by atoms with Crippen molar-refractivity contribution in [3.05, 3.63) is 188 Å². The van der Waals surface area contributed by atoms with Gasteiger partial charge in [0.2, 0.25) is 0 Å². The molecule has 256 valence electrons. The van der Waals surface area contributed by atoms with E-state index in [1.54, 1.807) is 0 Å². The Morgan fingerprint density at radius 1 is 0.400 bits per heavy atom. The summed E-state index contributed by atoms with van der Waals surface area (Å²) in [6.07, 6.45) is 0. The molecule has 4 aromatic heterocycles. The smallest absolute Gasteiger partial charge is 0.138 e. The Hall–Kier alpha value is -7.43. The maximum Gasteiger partial charge on any atom is 0.138 e. The van der Waals surface area contributed by atoms with Crippen LogP contribution in [-0.4, -0.2) is 14.1 Å². The summed E-state index contributed by atoms with van der Waals surface area (Å²) in [5.74, 6) is 0.891. The maximum atomic E-state index is 6.17. The van der Waals surface area contributed by atoms with E-state index in [4.69, 9.17) is 9.40 Å². The second kappa shape index (κ2) is 11.5. The molecule has 0 radical (unpaired) electrons. The second-order valence-electron chi connectivity index (χ2n) is 14.3. The van der Waals surface area contributed by atoms with E-state index >= 15 is 0 Å². The minimum Gasteiger partial charge on any atom is -0.456 e. The first-order valence-electron chi connectivity index (χ1n) is 18.7. The van der Waals surface area contributed by atoms with Gasteiger partial charge in [0.25, 0.3) is 0 Å². The van der Waals surface area contributed by atoms with Gasteiger partial charge in [-0.25, -0.2) is 4.98 Å². The van der Waals surface area contributed by atoms with Crippen molar-refractivity contribution >= 4 is 76.3 Å². The van der Waals surface area contributed by atoms with E-state index in [0.717, 1.165) is 66.9 Å². The number of hydrogen-bond donors (Lipinski definition) is 0. The normalized spacial score (nSPS) is 12.0. The Labute approximate surface area is 315 Å². The lowest BCUT2D eigenvalue weighted by Gasteiger charge is -2.12. The zero-order valence-electron chi connectivity index (χ0n) is 29.6. The van der Waals surface area contributed by atoms with Crippen LogP contribution in [0.4, 0.5) is 0 Å². The molecule has 0 unspecified atom stereocenters. The Bertz CT molecular complexity index is 3500. The summed E-state index contributed by atoms with van der Waals surface area (Å²) in [5, 5.41) is 9.51. The SMILES string of the molecule is c1cc(-c2ccc3oc4ccccc4c3c2)cc(-n2c3ccccc3c3ccc4c(c5ccccc5n4-c4cccc(-c5cccc6ccccc56)n4)c32)c1. The predicted molar refractivity (Wildman–Crippen MR) is 229 cm³/mol. The quantitative estimate of drug-likeness (QED) is 0.183. The van der Waals surface area contributed by atoms with Crippen molar-refractivity contribution in [1.82, 2.24) is 14.1 Å². The van der Waals surface area contributed by atoms with Gasteiger partial charge >= 0.3 is 0 Å². The Kier molecular flexibility index (Phi) is 6.31. The third-order valence-electron chi connectivity index (χ3n) is 11.3. The second-order valence-corrected chi connectivity index (χ2v) is 14.3. The summed E-state index contributed by atoms with van der Waals surface area (Å²) < 4.78 is 11.0. The van der Waals surface area contributed by atoms with Gasteiger partial charge in [-0.3, -0.25) is 4.57 Å². The van der Waals surface area contributed by atoms with Gasteiger partial charge in [0.1, 0.15) is 17.0 Å². The topological polar surface area (TPSA) is 35.9 Å². The van der Waals surface area contributed by atoms with Crippen molar-refractivity contribution in [2.45, 2.75) is 0 Å². The van der Waals surface area contributed by atoms with E-state index in [2.05, 4.69) is 185 Å². The van der Waals surface area contributed by atoms with Gasteiger partial charge in [0.05, 0.1) is 27.8 Å². The summed E-state index contributed by atoms with van der Waals surface area (Å²) in [6.45, 7) is 0. The number of hydrogen-bond acceptors (Lipinski definition) is 2. The minimum atomic E-state index is 0.891. The molecule has 0 atom stereocenters. The predicted octanol–water partition coefficient (Wildman–Crippen LogP) is 13.7. The molecular weight excluding hydrogens is 671 g/mol. The zero-order valence-corrected chi connectivity index (χ0v) is 29.6. The van der Waals surface area contributed by atoms with Gasteiger partial charge in [-0.15, -0.1) is 0 Å². The third-order valence-corrected chi connectivity index (χ3v) is 11.3. The molecule has 0 aliphatic heterocycles. The minimum absolute atomic E-state index is 0.891. The van der Waals surface area contributed by atoms with Crippen molar-refractivity contribution in [2.24, 2.45) is 0 Å². The number of nitrogens with zero attached hydrogens (tertiary/aromatic N) is 3. The van der Waals surface area contributed by atoms with Crippen LogP contribution in [0.3, 0.4) is 0 Å². The lowest BCUT2D eigenvalue weighted by atomic mass is 10.0. The average molecular weight is 702 g/mol. The average Bonchev–Trinajstić information content (AvgIpc) is 3.91. The number of aromatic nitrogens is 3. The van der Waals surface area contributed by atoms with Crippen LogP contribution in [0.2, 0.25) is 0 Å². The molecule has 0 saturated heterocycles. The van der Waals surface area contributed by atoms with E-state index in [0.29, 0.717) is 0 Å². The molecule has 0 bridgehead atoms. The van der Waals surface area contributed by atoms with Crippen LogP contribution in [0.25, 0.3) is 110 Å². The fourth-order valence-electron chi connectivity index (χ4n) is 8.90. The Balaban J connectivity index is 1.11. The number of fused-ring (bicyclic) bond motifs is 11. The monoisotopic (exact) mass is 701 g/mol. The number of benzene rings is 8. The number of para-hydroxylation sites is 3. The molecule has 0 N–H and O–H groups in total. The third kappa shape index (κ3) is 4.43. The summed E-state index contributed by atoms with van der Waals surface area (Å²) in [6, 6.07) is 67.2. The van der Waals surface area contributed by atoms with Gasteiger partial charge in [-0.2, -0.15) is 0 Å². The molecule has 0 aliphatic carbocycles. The molecule has 55 heavy (non-hydrogen) atoms. The molecule has 0 fully saturated rings. The van der Waals surface area contributed by atoms with Crippen molar-refractivity contribution < 1.29 is 4.42 Å². The van der Waals surface area contributed by atoms with Crippen LogP contribution in [0.15, 0.2) is 192 Å². The van der Waals surface area contributed by atoms with E-state index in [9.17, 15) is 0 Å². The van der Waals surface area contributed by atoms with Crippen LogP contribution >= 0.6 is 0 Å². The van der Waals surface area contributed by atoms with Crippen LogP contribution in [0, 0.1) is 0 Å². The zero-order chi connectivity index (χ0) is 36.0. The van der Waals surface area contributed by atoms with E-state index < -0.39 is 0 Å². The van der Waals surface area contributed by atoms with Crippen molar-refractivity contribution in [2.75, 3.05) is 0 Å². The highest BCUT2D eigenvalue weighted by molar-refractivity contribution is 6.26. The van der Waals surface area contributed by atoms with E-state index in [1.165, 1.54) is 43.4 Å². The first kappa shape index (κ1) is 30.1. The molecule has 0 aliphatic rings.